The minimum absolute atomic E-state index is 0.211. The van der Waals surface area contributed by atoms with Crippen molar-refractivity contribution in [3.8, 4) is 5.75 Å². The number of aryl methyl sites for hydroxylation is 2. The zero-order valence-electron chi connectivity index (χ0n) is 17.2. The first-order valence-corrected chi connectivity index (χ1v) is 10.5. The lowest BCUT2D eigenvalue weighted by Gasteiger charge is -2.21. The van der Waals surface area contributed by atoms with Crippen LogP contribution in [0, 0.1) is 19.7 Å². The number of carbonyl (C=O) groups is 1. The Morgan fingerprint density at radius 1 is 1.28 bits per heavy atom. The number of hydrogen-bond donors (Lipinski definition) is 0. The van der Waals surface area contributed by atoms with Crippen LogP contribution in [0.4, 0.5) is 4.39 Å². The van der Waals surface area contributed by atoms with Crippen LogP contribution in [-0.2, 0) is 18.4 Å². The van der Waals surface area contributed by atoms with Gasteiger partial charge in [0.15, 0.2) is 0 Å². The molecule has 3 aromatic rings. The molecule has 1 aromatic carbocycles. The third kappa shape index (κ3) is 3.35. The van der Waals surface area contributed by atoms with Gasteiger partial charge in [0.1, 0.15) is 27.3 Å². The molecule has 3 heterocycles. The standard InChI is InChI=1S/C22H23BrFN3O2/c1-11-12(2)25-18-14(9-13(10-15(18)24)22(3,4)5)19(11)29-21(28)17-16-7-6-8-27(16)26-20(17)23/h9-10H,6-8H2,1-5H3. The van der Waals surface area contributed by atoms with Crippen LogP contribution in [0.2, 0.25) is 0 Å². The van der Waals surface area contributed by atoms with Crippen LogP contribution in [0.5, 0.6) is 5.75 Å². The lowest BCUT2D eigenvalue weighted by atomic mass is 9.86. The highest BCUT2D eigenvalue weighted by molar-refractivity contribution is 9.10. The molecule has 1 aliphatic heterocycles. The third-order valence-corrected chi connectivity index (χ3v) is 6.09. The lowest BCUT2D eigenvalue weighted by molar-refractivity contribution is 0.0733. The number of nitrogens with zero attached hydrogens (tertiary/aromatic N) is 3. The quantitative estimate of drug-likeness (QED) is 0.480. The smallest absolute Gasteiger partial charge is 0.348 e. The van der Waals surface area contributed by atoms with Gasteiger partial charge < -0.3 is 4.74 Å². The van der Waals surface area contributed by atoms with E-state index in [4.69, 9.17) is 4.74 Å². The van der Waals surface area contributed by atoms with Gasteiger partial charge in [0.05, 0.1) is 5.69 Å². The van der Waals surface area contributed by atoms with E-state index >= 15 is 0 Å². The van der Waals surface area contributed by atoms with Crippen molar-refractivity contribution >= 4 is 32.8 Å². The van der Waals surface area contributed by atoms with E-state index < -0.39 is 11.8 Å². The predicted molar refractivity (Wildman–Crippen MR) is 113 cm³/mol. The zero-order valence-corrected chi connectivity index (χ0v) is 18.8. The Hall–Kier alpha value is -2.28. The number of halogens is 2. The van der Waals surface area contributed by atoms with E-state index in [-0.39, 0.29) is 10.9 Å². The Balaban J connectivity index is 1.88. The molecule has 0 amide bonds. The topological polar surface area (TPSA) is 57.0 Å². The van der Waals surface area contributed by atoms with Gasteiger partial charge >= 0.3 is 5.97 Å². The number of hydrogen-bond acceptors (Lipinski definition) is 4. The SMILES string of the molecule is Cc1nc2c(F)cc(C(C)(C)C)cc2c(OC(=O)c2c(Br)nn3c2CCC3)c1C. The van der Waals surface area contributed by atoms with E-state index in [1.54, 1.807) is 6.92 Å². The molecular weight excluding hydrogens is 437 g/mol. The highest BCUT2D eigenvalue weighted by Crippen LogP contribution is 2.36. The summed E-state index contributed by atoms with van der Waals surface area (Å²) in [6, 6.07) is 3.38. The largest absolute Gasteiger partial charge is 0.422 e. The Labute approximate surface area is 177 Å². The van der Waals surface area contributed by atoms with Gasteiger partial charge in [-0.2, -0.15) is 5.10 Å². The van der Waals surface area contributed by atoms with Crippen molar-refractivity contribution in [2.75, 3.05) is 0 Å². The number of benzene rings is 1. The van der Waals surface area contributed by atoms with E-state index in [1.165, 1.54) is 6.07 Å². The fourth-order valence-corrected chi connectivity index (χ4v) is 4.30. The van der Waals surface area contributed by atoms with E-state index in [0.29, 0.717) is 27.0 Å². The molecule has 0 spiro atoms. The van der Waals surface area contributed by atoms with Crippen molar-refractivity contribution in [3.05, 3.63) is 50.6 Å². The maximum Gasteiger partial charge on any atom is 0.348 e. The van der Waals surface area contributed by atoms with Crippen LogP contribution in [0.15, 0.2) is 16.7 Å². The molecule has 0 atom stereocenters. The van der Waals surface area contributed by atoms with Crippen LogP contribution in [-0.4, -0.2) is 20.7 Å². The number of carbonyl (C=O) groups excluding carboxylic acids is 1. The third-order valence-electron chi connectivity index (χ3n) is 5.53. The number of aromatic nitrogens is 3. The first-order valence-electron chi connectivity index (χ1n) is 9.66. The fraction of sp³-hybridized carbons (Fsp3) is 0.409. The first-order chi connectivity index (χ1) is 13.6. The summed E-state index contributed by atoms with van der Waals surface area (Å²) in [4.78, 5) is 17.5. The normalized spacial score (nSPS) is 13.8. The Morgan fingerprint density at radius 2 is 2.00 bits per heavy atom. The summed E-state index contributed by atoms with van der Waals surface area (Å²) in [7, 11) is 0. The summed E-state index contributed by atoms with van der Waals surface area (Å²) in [6.07, 6.45) is 1.73. The van der Waals surface area contributed by atoms with Crippen LogP contribution < -0.4 is 4.74 Å². The van der Waals surface area contributed by atoms with Crippen molar-refractivity contribution in [1.29, 1.82) is 0 Å². The van der Waals surface area contributed by atoms with Crippen molar-refractivity contribution < 1.29 is 13.9 Å². The molecule has 5 nitrogen and oxygen atoms in total. The molecule has 0 saturated carbocycles. The summed E-state index contributed by atoms with van der Waals surface area (Å²) in [5.74, 6) is -0.552. The first kappa shape index (κ1) is 20.0. The van der Waals surface area contributed by atoms with Crippen molar-refractivity contribution in [2.45, 2.75) is 59.4 Å². The molecule has 1 aliphatic rings. The summed E-state index contributed by atoms with van der Waals surface area (Å²) in [6.45, 7) is 10.5. The van der Waals surface area contributed by atoms with E-state index in [9.17, 15) is 9.18 Å². The minimum Gasteiger partial charge on any atom is -0.422 e. The highest BCUT2D eigenvalue weighted by Gasteiger charge is 2.28. The number of pyridine rings is 1. The van der Waals surface area contributed by atoms with Crippen LogP contribution in [0.25, 0.3) is 10.9 Å². The van der Waals surface area contributed by atoms with Gasteiger partial charge in [0.25, 0.3) is 0 Å². The number of rotatable bonds is 2. The Kier molecular flexibility index (Phi) is 4.76. The Bertz CT molecular complexity index is 1160. The zero-order chi connectivity index (χ0) is 21.1. The second-order valence-electron chi connectivity index (χ2n) is 8.58. The van der Waals surface area contributed by atoms with Gasteiger partial charge in [-0.1, -0.05) is 20.8 Å². The summed E-state index contributed by atoms with van der Waals surface area (Å²) >= 11 is 3.38. The molecule has 0 radical (unpaired) electrons. The second kappa shape index (κ2) is 6.90. The van der Waals surface area contributed by atoms with Crippen molar-refractivity contribution in [1.82, 2.24) is 14.8 Å². The van der Waals surface area contributed by atoms with Gasteiger partial charge in [-0.15, -0.1) is 0 Å². The van der Waals surface area contributed by atoms with Gasteiger partial charge in [-0.3, -0.25) is 4.68 Å². The number of ether oxygens (including phenoxy) is 1. The monoisotopic (exact) mass is 459 g/mol. The molecular formula is C22H23BrFN3O2. The van der Waals surface area contributed by atoms with Crippen molar-refractivity contribution in [3.63, 3.8) is 0 Å². The maximum atomic E-state index is 14.9. The molecule has 4 rings (SSSR count). The van der Waals surface area contributed by atoms with E-state index in [2.05, 4.69) is 26.0 Å². The average molecular weight is 460 g/mol. The highest BCUT2D eigenvalue weighted by atomic mass is 79.9. The summed E-state index contributed by atoms with van der Waals surface area (Å²) < 4.78 is 23.1. The molecule has 0 saturated heterocycles. The van der Waals surface area contributed by atoms with Gasteiger partial charge in [-0.05, 0) is 65.7 Å². The average Bonchev–Trinajstić information content (AvgIpc) is 3.18. The molecule has 0 N–H and O–H groups in total. The van der Waals surface area contributed by atoms with E-state index in [1.807, 2.05) is 38.4 Å². The molecule has 0 aliphatic carbocycles. The summed E-state index contributed by atoms with van der Waals surface area (Å²) in [5.41, 5.74) is 3.43. The van der Waals surface area contributed by atoms with E-state index in [0.717, 1.165) is 36.2 Å². The van der Waals surface area contributed by atoms with Crippen LogP contribution >= 0.6 is 15.9 Å². The molecule has 0 bridgehead atoms. The molecule has 152 valence electrons. The number of esters is 1. The van der Waals surface area contributed by atoms with Gasteiger partial charge in [-0.25, -0.2) is 14.2 Å². The maximum absolute atomic E-state index is 14.9. The van der Waals surface area contributed by atoms with Gasteiger partial charge in [0.2, 0.25) is 0 Å². The predicted octanol–water partition coefficient (Wildman–Crippen LogP) is 5.41. The molecule has 0 unspecified atom stereocenters. The minimum atomic E-state index is -0.489. The van der Waals surface area contributed by atoms with Gasteiger partial charge in [0, 0.05) is 23.2 Å². The fourth-order valence-electron chi connectivity index (χ4n) is 3.71. The second-order valence-corrected chi connectivity index (χ2v) is 9.34. The molecule has 29 heavy (non-hydrogen) atoms. The summed E-state index contributed by atoms with van der Waals surface area (Å²) in [5, 5.41) is 4.88. The van der Waals surface area contributed by atoms with Crippen molar-refractivity contribution in [2.24, 2.45) is 0 Å². The molecule has 7 heteroatoms. The molecule has 2 aromatic heterocycles. The Morgan fingerprint density at radius 3 is 2.69 bits per heavy atom. The van der Waals surface area contributed by atoms with Crippen LogP contribution in [0.1, 0.15) is 60.1 Å². The van der Waals surface area contributed by atoms with Crippen LogP contribution in [0.3, 0.4) is 0 Å². The number of fused-ring (bicyclic) bond motifs is 2. The lowest BCUT2D eigenvalue weighted by Crippen LogP contribution is -2.14. The molecule has 0 fully saturated rings.